The van der Waals surface area contributed by atoms with Crippen LogP contribution in [-0.2, 0) is 10.0 Å². The smallest absolute Gasteiger partial charge is 0.260 e. The Morgan fingerprint density at radius 2 is 2.06 bits per heavy atom. The van der Waals surface area contributed by atoms with E-state index in [0.717, 1.165) is 0 Å². The summed E-state index contributed by atoms with van der Waals surface area (Å²) in [5, 5.41) is 0.849. The highest BCUT2D eigenvalue weighted by molar-refractivity contribution is 8.00. The van der Waals surface area contributed by atoms with Crippen molar-refractivity contribution < 1.29 is 8.42 Å². The number of rotatable bonds is 2. The Kier molecular flexibility index (Phi) is 3.27. The van der Waals surface area contributed by atoms with Crippen molar-refractivity contribution in [3.05, 3.63) is 12.5 Å². The van der Waals surface area contributed by atoms with Gasteiger partial charge in [-0.1, -0.05) is 13.8 Å². The Labute approximate surface area is 99.7 Å². The van der Waals surface area contributed by atoms with Crippen LogP contribution in [0.5, 0.6) is 0 Å². The first kappa shape index (κ1) is 11.9. The molecule has 2 heterocycles. The summed E-state index contributed by atoms with van der Waals surface area (Å²) in [6.45, 7) is 5.23. The zero-order valence-electron chi connectivity index (χ0n) is 9.25. The lowest BCUT2D eigenvalue weighted by Crippen LogP contribution is -2.44. The molecule has 1 aromatic rings. The predicted molar refractivity (Wildman–Crippen MR) is 63.9 cm³/mol. The molecule has 1 aromatic heterocycles. The van der Waals surface area contributed by atoms with Crippen LogP contribution in [0.15, 0.2) is 17.6 Å². The van der Waals surface area contributed by atoms with Crippen LogP contribution in [0.4, 0.5) is 0 Å². The fourth-order valence-electron chi connectivity index (χ4n) is 1.85. The van der Waals surface area contributed by atoms with Gasteiger partial charge in [0.15, 0.2) is 5.03 Å². The molecule has 0 aliphatic carbocycles. The zero-order chi connectivity index (χ0) is 11.8. The van der Waals surface area contributed by atoms with Crippen molar-refractivity contribution >= 4 is 21.8 Å². The van der Waals surface area contributed by atoms with Gasteiger partial charge in [0.05, 0.1) is 12.5 Å². The van der Waals surface area contributed by atoms with E-state index in [2.05, 4.69) is 23.8 Å². The summed E-state index contributed by atoms with van der Waals surface area (Å²) in [5.74, 6) is 0. The maximum Gasteiger partial charge on any atom is 0.260 e. The first-order chi connectivity index (χ1) is 7.50. The number of aromatic amines is 1. The molecule has 7 heteroatoms. The number of nitrogens with zero attached hydrogens (tertiary/aromatic N) is 2. The van der Waals surface area contributed by atoms with E-state index in [1.54, 1.807) is 0 Å². The molecule has 0 saturated carbocycles. The molecule has 1 N–H and O–H groups in total. The second-order valence-corrected chi connectivity index (χ2v) is 7.78. The van der Waals surface area contributed by atoms with Crippen molar-refractivity contribution in [3.8, 4) is 0 Å². The molecule has 0 aromatic carbocycles. The van der Waals surface area contributed by atoms with E-state index in [1.807, 2.05) is 11.8 Å². The van der Waals surface area contributed by atoms with E-state index in [1.165, 1.54) is 16.8 Å². The monoisotopic (exact) mass is 261 g/mol. The third-order valence-corrected chi connectivity index (χ3v) is 5.46. The molecule has 1 aliphatic heterocycles. The van der Waals surface area contributed by atoms with Crippen LogP contribution in [0.25, 0.3) is 0 Å². The first-order valence-electron chi connectivity index (χ1n) is 5.14. The minimum absolute atomic E-state index is 0.179. The molecule has 2 rings (SSSR count). The molecule has 16 heavy (non-hydrogen) atoms. The van der Waals surface area contributed by atoms with Crippen LogP contribution >= 0.6 is 11.8 Å². The minimum atomic E-state index is -3.38. The summed E-state index contributed by atoms with van der Waals surface area (Å²) in [6, 6.07) is 0. The van der Waals surface area contributed by atoms with Gasteiger partial charge in [0.25, 0.3) is 10.0 Å². The Bertz CT molecular complexity index is 433. The largest absolute Gasteiger partial charge is 0.335 e. The Morgan fingerprint density at radius 3 is 2.56 bits per heavy atom. The van der Waals surface area contributed by atoms with Gasteiger partial charge in [-0.2, -0.15) is 16.1 Å². The lowest BCUT2D eigenvalue weighted by Gasteiger charge is -2.33. The van der Waals surface area contributed by atoms with Gasteiger partial charge in [-0.15, -0.1) is 0 Å². The average molecular weight is 261 g/mol. The lowest BCUT2D eigenvalue weighted by molar-refractivity contribution is 0.403. The number of H-pyrrole nitrogens is 1. The first-order valence-corrected chi connectivity index (χ1v) is 7.52. The van der Waals surface area contributed by atoms with E-state index in [-0.39, 0.29) is 5.03 Å². The zero-order valence-corrected chi connectivity index (χ0v) is 10.9. The SMILES string of the molecule is CC1CN(S(=O)(=O)c2cnc[nH]2)CC(C)S1. The number of hydrogen-bond donors (Lipinski definition) is 1. The molecule has 1 aliphatic rings. The van der Waals surface area contributed by atoms with E-state index >= 15 is 0 Å². The van der Waals surface area contributed by atoms with E-state index in [4.69, 9.17) is 0 Å². The highest BCUT2D eigenvalue weighted by Crippen LogP contribution is 2.28. The molecule has 5 nitrogen and oxygen atoms in total. The van der Waals surface area contributed by atoms with Crippen molar-refractivity contribution in [1.82, 2.24) is 14.3 Å². The summed E-state index contributed by atoms with van der Waals surface area (Å²) in [7, 11) is -3.38. The van der Waals surface area contributed by atoms with E-state index in [9.17, 15) is 8.42 Å². The van der Waals surface area contributed by atoms with Crippen LogP contribution in [0.1, 0.15) is 13.8 Å². The summed E-state index contributed by atoms with van der Waals surface area (Å²) in [5.41, 5.74) is 0. The van der Waals surface area contributed by atoms with Gasteiger partial charge >= 0.3 is 0 Å². The summed E-state index contributed by atoms with van der Waals surface area (Å²) < 4.78 is 25.9. The molecular formula is C9H15N3O2S2. The summed E-state index contributed by atoms with van der Waals surface area (Å²) >= 11 is 1.83. The third-order valence-electron chi connectivity index (χ3n) is 2.48. The van der Waals surface area contributed by atoms with Gasteiger partial charge in [0.1, 0.15) is 0 Å². The van der Waals surface area contributed by atoms with Gasteiger partial charge in [0, 0.05) is 23.6 Å². The number of sulfonamides is 1. The topological polar surface area (TPSA) is 66.1 Å². The molecule has 0 spiro atoms. The molecule has 0 bridgehead atoms. The molecular weight excluding hydrogens is 246 g/mol. The normalized spacial score (nSPS) is 28.1. The standard InChI is InChI=1S/C9H15N3O2S2/c1-7-4-12(5-8(2)15-7)16(13,14)9-3-10-6-11-9/h3,6-8H,4-5H2,1-2H3,(H,10,11). The van der Waals surface area contributed by atoms with Gasteiger partial charge in [-0.3, -0.25) is 0 Å². The third kappa shape index (κ3) is 2.26. The summed E-state index contributed by atoms with van der Waals surface area (Å²) in [4.78, 5) is 6.41. The van der Waals surface area contributed by atoms with Crippen LogP contribution in [-0.4, -0.2) is 46.3 Å². The van der Waals surface area contributed by atoms with Gasteiger partial charge in [-0.25, -0.2) is 13.4 Å². The predicted octanol–water partition coefficient (Wildman–Crippen LogP) is 0.924. The van der Waals surface area contributed by atoms with Gasteiger partial charge in [-0.05, 0) is 0 Å². The summed E-state index contributed by atoms with van der Waals surface area (Å²) in [6.07, 6.45) is 2.74. The number of thioether (sulfide) groups is 1. The molecule has 1 saturated heterocycles. The molecule has 2 atom stereocenters. The Morgan fingerprint density at radius 1 is 1.44 bits per heavy atom. The van der Waals surface area contributed by atoms with Crippen LogP contribution in [0, 0.1) is 0 Å². The molecule has 0 amide bonds. The quantitative estimate of drug-likeness (QED) is 0.860. The van der Waals surface area contributed by atoms with Crippen molar-refractivity contribution in [2.24, 2.45) is 0 Å². The van der Waals surface area contributed by atoms with Crippen LogP contribution in [0.2, 0.25) is 0 Å². The molecule has 1 fully saturated rings. The van der Waals surface area contributed by atoms with Crippen molar-refractivity contribution in [2.75, 3.05) is 13.1 Å². The van der Waals surface area contributed by atoms with Crippen LogP contribution < -0.4 is 0 Å². The van der Waals surface area contributed by atoms with Crippen molar-refractivity contribution in [1.29, 1.82) is 0 Å². The van der Waals surface area contributed by atoms with Crippen molar-refractivity contribution in [2.45, 2.75) is 29.4 Å². The lowest BCUT2D eigenvalue weighted by atomic mass is 10.4. The van der Waals surface area contributed by atoms with Crippen molar-refractivity contribution in [3.63, 3.8) is 0 Å². The highest BCUT2D eigenvalue weighted by Gasteiger charge is 2.32. The molecule has 90 valence electrons. The maximum absolute atomic E-state index is 12.2. The second kappa shape index (κ2) is 4.38. The number of imidazole rings is 1. The van der Waals surface area contributed by atoms with Gasteiger partial charge in [0.2, 0.25) is 0 Å². The number of aromatic nitrogens is 2. The van der Waals surface area contributed by atoms with E-state index < -0.39 is 10.0 Å². The minimum Gasteiger partial charge on any atom is -0.335 e. The second-order valence-electron chi connectivity index (χ2n) is 4.00. The molecule has 2 unspecified atom stereocenters. The maximum atomic E-state index is 12.2. The fourth-order valence-corrected chi connectivity index (χ4v) is 4.88. The van der Waals surface area contributed by atoms with E-state index in [0.29, 0.717) is 23.6 Å². The average Bonchev–Trinajstić information content (AvgIpc) is 2.69. The van der Waals surface area contributed by atoms with Gasteiger partial charge < -0.3 is 4.98 Å². The number of hydrogen-bond acceptors (Lipinski definition) is 4. The van der Waals surface area contributed by atoms with Crippen LogP contribution in [0.3, 0.4) is 0 Å². The number of nitrogens with one attached hydrogen (secondary N) is 1. The Hall–Kier alpha value is -0.530. The Balaban J connectivity index is 2.24. The molecule has 0 radical (unpaired) electrons. The highest BCUT2D eigenvalue weighted by atomic mass is 32.2. The fraction of sp³-hybridized carbons (Fsp3) is 0.667.